The van der Waals surface area contributed by atoms with Crippen molar-refractivity contribution in [1.82, 2.24) is 14.9 Å². The van der Waals surface area contributed by atoms with E-state index in [0.717, 1.165) is 55.4 Å². The number of piperidine rings is 1. The first kappa shape index (κ1) is 18.5. The molecule has 0 saturated carbocycles. The average Bonchev–Trinajstić information content (AvgIpc) is 2.59. The summed E-state index contributed by atoms with van der Waals surface area (Å²) >= 11 is 0. The van der Waals surface area contributed by atoms with Crippen LogP contribution in [0.2, 0.25) is 0 Å². The Bertz CT molecular complexity index is 722. The summed E-state index contributed by atoms with van der Waals surface area (Å²) < 4.78 is 5.48. The summed E-state index contributed by atoms with van der Waals surface area (Å²) in [7, 11) is 0. The lowest BCUT2D eigenvalue weighted by Gasteiger charge is -2.32. The van der Waals surface area contributed by atoms with Gasteiger partial charge >= 0.3 is 0 Å². The van der Waals surface area contributed by atoms with Gasteiger partial charge in [0.25, 0.3) is 0 Å². The minimum Gasteiger partial charge on any atom is -0.504 e. The molecule has 3 rings (SSSR count). The number of hydrogen-bond donors (Lipinski definition) is 2. The van der Waals surface area contributed by atoms with Gasteiger partial charge in [0.05, 0.1) is 6.61 Å². The molecule has 0 atom stereocenters. The Hall–Kier alpha value is -2.34. The predicted molar refractivity (Wildman–Crippen MR) is 103 cm³/mol. The maximum absolute atomic E-state index is 9.83. The van der Waals surface area contributed by atoms with Crippen LogP contribution in [0.15, 0.2) is 24.3 Å². The molecule has 0 bridgehead atoms. The van der Waals surface area contributed by atoms with Gasteiger partial charge in [-0.3, -0.25) is 4.90 Å². The van der Waals surface area contributed by atoms with Crippen LogP contribution in [0.3, 0.4) is 0 Å². The lowest BCUT2D eigenvalue weighted by molar-refractivity contribution is 0.210. The van der Waals surface area contributed by atoms with Crippen molar-refractivity contribution in [3.8, 4) is 11.5 Å². The molecule has 1 aliphatic rings. The number of likely N-dealkylation sites (tertiary alicyclic amines) is 1. The molecule has 2 aromatic rings. The highest BCUT2D eigenvalue weighted by molar-refractivity contribution is 5.41. The summed E-state index contributed by atoms with van der Waals surface area (Å²) in [5.74, 6) is 1.50. The highest BCUT2D eigenvalue weighted by atomic mass is 16.5. The molecule has 0 unspecified atom stereocenters. The largest absolute Gasteiger partial charge is 0.504 e. The number of aryl methyl sites for hydroxylation is 2. The summed E-state index contributed by atoms with van der Waals surface area (Å²) in [5.41, 5.74) is 3.15. The van der Waals surface area contributed by atoms with Gasteiger partial charge in [-0.05, 0) is 57.4 Å². The topological polar surface area (TPSA) is 70.5 Å². The Morgan fingerprint density at radius 2 is 1.85 bits per heavy atom. The number of benzene rings is 1. The lowest BCUT2D eigenvalue weighted by Crippen LogP contribution is -2.39. The van der Waals surface area contributed by atoms with Crippen molar-refractivity contribution < 1.29 is 9.84 Å². The molecule has 6 heteroatoms. The van der Waals surface area contributed by atoms with E-state index < -0.39 is 0 Å². The van der Waals surface area contributed by atoms with Crippen LogP contribution in [-0.2, 0) is 6.54 Å². The molecular formula is C20H28N4O2. The molecule has 0 radical (unpaired) electrons. The third-order valence-electron chi connectivity index (χ3n) is 4.63. The zero-order valence-corrected chi connectivity index (χ0v) is 15.8. The fourth-order valence-electron chi connectivity index (χ4n) is 3.39. The minimum absolute atomic E-state index is 0.201. The molecule has 2 heterocycles. The molecule has 0 amide bonds. The average molecular weight is 356 g/mol. The van der Waals surface area contributed by atoms with Crippen molar-refractivity contribution in [2.75, 3.05) is 25.0 Å². The monoisotopic (exact) mass is 356 g/mol. The molecular weight excluding hydrogens is 328 g/mol. The molecule has 0 spiro atoms. The first-order valence-electron chi connectivity index (χ1n) is 9.29. The second-order valence-electron chi connectivity index (χ2n) is 6.90. The number of hydrogen-bond acceptors (Lipinski definition) is 6. The number of nitrogens with zero attached hydrogens (tertiary/aromatic N) is 3. The molecule has 1 aromatic heterocycles. The number of aromatic nitrogens is 2. The fourth-order valence-corrected chi connectivity index (χ4v) is 3.39. The van der Waals surface area contributed by atoms with E-state index in [-0.39, 0.29) is 5.75 Å². The Labute approximate surface area is 155 Å². The number of phenolic OH excluding ortho intramolecular Hbond substituents is 1. The van der Waals surface area contributed by atoms with Gasteiger partial charge in [-0.15, -0.1) is 0 Å². The maximum Gasteiger partial charge on any atom is 0.223 e. The van der Waals surface area contributed by atoms with Gasteiger partial charge in [-0.25, -0.2) is 9.97 Å². The van der Waals surface area contributed by atoms with Gasteiger partial charge < -0.3 is 15.2 Å². The molecule has 1 saturated heterocycles. The quantitative estimate of drug-likeness (QED) is 0.828. The van der Waals surface area contributed by atoms with Crippen LogP contribution >= 0.6 is 0 Å². The van der Waals surface area contributed by atoms with Crippen LogP contribution in [0.1, 0.15) is 36.7 Å². The molecule has 140 valence electrons. The van der Waals surface area contributed by atoms with Gasteiger partial charge in [-0.1, -0.05) is 6.07 Å². The van der Waals surface area contributed by atoms with Crippen LogP contribution in [0.5, 0.6) is 11.5 Å². The number of aromatic hydroxyl groups is 1. The smallest absolute Gasteiger partial charge is 0.223 e. The van der Waals surface area contributed by atoms with E-state index in [4.69, 9.17) is 4.74 Å². The second-order valence-corrected chi connectivity index (χ2v) is 6.90. The standard InChI is InChI=1S/C20H28N4O2/c1-4-26-19-12-16(5-6-18(19)25)13-24-9-7-17(8-10-24)23-20-21-14(2)11-15(3)22-20/h5-6,11-12,17,25H,4,7-10,13H2,1-3H3,(H,21,22,23). The minimum atomic E-state index is 0.201. The van der Waals surface area contributed by atoms with E-state index in [1.807, 2.05) is 39.0 Å². The van der Waals surface area contributed by atoms with E-state index in [9.17, 15) is 5.11 Å². The highest BCUT2D eigenvalue weighted by Gasteiger charge is 2.20. The third-order valence-corrected chi connectivity index (χ3v) is 4.63. The van der Waals surface area contributed by atoms with Gasteiger partial charge in [0.2, 0.25) is 5.95 Å². The zero-order valence-electron chi connectivity index (χ0n) is 15.8. The van der Waals surface area contributed by atoms with Crippen molar-refractivity contribution in [1.29, 1.82) is 0 Å². The fraction of sp³-hybridized carbons (Fsp3) is 0.500. The van der Waals surface area contributed by atoms with Gasteiger partial charge in [0, 0.05) is 37.1 Å². The molecule has 1 fully saturated rings. The molecule has 1 aromatic carbocycles. The summed E-state index contributed by atoms with van der Waals surface area (Å²) in [4.78, 5) is 11.4. The first-order chi connectivity index (χ1) is 12.5. The Balaban J connectivity index is 1.53. The number of ether oxygens (including phenoxy) is 1. The summed E-state index contributed by atoms with van der Waals surface area (Å²) in [6.07, 6.45) is 2.12. The number of nitrogens with one attached hydrogen (secondary N) is 1. The van der Waals surface area contributed by atoms with Crippen molar-refractivity contribution in [2.45, 2.75) is 46.2 Å². The Kier molecular flexibility index (Phi) is 5.93. The lowest BCUT2D eigenvalue weighted by atomic mass is 10.0. The summed E-state index contributed by atoms with van der Waals surface area (Å²) in [6.45, 7) is 9.37. The van der Waals surface area contributed by atoms with Gasteiger partial charge in [0.1, 0.15) is 0 Å². The summed E-state index contributed by atoms with van der Waals surface area (Å²) in [6, 6.07) is 8.01. The maximum atomic E-state index is 9.83. The van der Waals surface area contributed by atoms with Crippen molar-refractivity contribution >= 4 is 5.95 Å². The molecule has 1 aliphatic heterocycles. The first-order valence-corrected chi connectivity index (χ1v) is 9.29. The second kappa shape index (κ2) is 8.36. The summed E-state index contributed by atoms with van der Waals surface area (Å²) in [5, 5.41) is 13.3. The Morgan fingerprint density at radius 1 is 1.15 bits per heavy atom. The van der Waals surface area contributed by atoms with Crippen molar-refractivity contribution in [3.63, 3.8) is 0 Å². The molecule has 0 aliphatic carbocycles. The normalized spacial score (nSPS) is 15.8. The number of anilines is 1. The third kappa shape index (κ3) is 4.85. The molecule has 6 nitrogen and oxygen atoms in total. The van der Waals surface area contributed by atoms with Crippen LogP contribution < -0.4 is 10.1 Å². The van der Waals surface area contributed by atoms with Crippen LogP contribution in [0, 0.1) is 13.8 Å². The van der Waals surface area contributed by atoms with Gasteiger partial charge in [0.15, 0.2) is 11.5 Å². The van der Waals surface area contributed by atoms with Crippen LogP contribution in [-0.4, -0.2) is 45.7 Å². The highest BCUT2D eigenvalue weighted by Crippen LogP contribution is 2.28. The number of phenols is 1. The molecule has 2 N–H and O–H groups in total. The Morgan fingerprint density at radius 3 is 2.50 bits per heavy atom. The number of rotatable bonds is 6. The van der Waals surface area contributed by atoms with E-state index in [1.165, 1.54) is 0 Å². The van der Waals surface area contributed by atoms with Crippen molar-refractivity contribution in [2.24, 2.45) is 0 Å². The van der Waals surface area contributed by atoms with Crippen LogP contribution in [0.4, 0.5) is 5.95 Å². The van der Waals surface area contributed by atoms with Crippen molar-refractivity contribution in [3.05, 3.63) is 41.2 Å². The molecule has 26 heavy (non-hydrogen) atoms. The van der Waals surface area contributed by atoms with Crippen LogP contribution in [0.25, 0.3) is 0 Å². The predicted octanol–water partition coefficient (Wildman–Crippen LogP) is 3.27. The SMILES string of the molecule is CCOc1cc(CN2CCC(Nc3nc(C)cc(C)n3)CC2)ccc1O. The van der Waals surface area contributed by atoms with E-state index in [0.29, 0.717) is 18.4 Å². The zero-order chi connectivity index (χ0) is 18.5. The van der Waals surface area contributed by atoms with E-state index in [1.54, 1.807) is 6.07 Å². The van der Waals surface area contributed by atoms with Gasteiger partial charge in [-0.2, -0.15) is 0 Å². The van der Waals surface area contributed by atoms with E-state index >= 15 is 0 Å². The van der Waals surface area contributed by atoms with E-state index in [2.05, 4.69) is 20.2 Å².